The van der Waals surface area contributed by atoms with Crippen molar-refractivity contribution in [1.82, 2.24) is 5.32 Å². The van der Waals surface area contributed by atoms with Crippen LogP contribution in [0, 0.1) is 0 Å². The first-order valence-electron chi connectivity index (χ1n) is 9.46. The van der Waals surface area contributed by atoms with E-state index in [9.17, 15) is 13.2 Å². The molecule has 0 spiro atoms. The summed E-state index contributed by atoms with van der Waals surface area (Å²) in [6.45, 7) is 2.07. The number of rotatable bonds is 9. The van der Waals surface area contributed by atoms with Crippen LogP contribution in [0.25, 0.3) is 0 Å². The van der Waals surface area contributed by atoms with Gasteiger partial charge in [-0.05, 0) is 38.0 Å². The zero-order valence-corrected chi connectivity index (χ0v) is 19.0. The maximum absolute atomic E-state index is 12.6. The summed E-state index contributed by atoms with van der Waals surface area (Å²) in [6.07, 6.45) is 7.43. The number of halogens is 1. The fraction of sp³-hybridized carbons (Fsp3) is 0.632. The van der Waals surface area contributed by atoms with Crippen LogP contribution in [-0.4, -0.2) is 51.3 Å². The lowest BCUT2D eigenvalue weighted by atomic mass is 10.0. The summed E-state index contributed by atoms with van der Waals surface area (Å²) in [4.78, 5) is 12.6. The van der Waals surface area contributed by atoms with E-state index in [0.29, 0.717) is 22.6 Å². The summed E-state index contributed by atoms with van der Waals surface area (Å²) in [7, 11) is -2.29. The summed E-state index contributed by atoms with van der Waals surface area (Å²) in [5, 5.41) is 3.89. The van der Waals surface area contributed by atoms with Gasteiger partial charge in [-0.2, -0.15) is 11.8 Å². The minimum atomic E-state index is -3.73. The Bertz CT molecular complexity index is 767. The highest BCUT2D eigenvalue weighted by atomic mass is 35.5. The maximum Gasteiger partial charge on any atom is 0.243 e. The van der Waals surface area contributed by atoms with Gasteiger partial charge in [0.2, 0.25) is 15.9 Å². The lowest BCUT2D eigenvalue weighted by Gasteiger charge is -2.29. The first-order chi connectivity index (χ1) is 13.2. The lowest BCUT2D eigenvalue weighted by molar-refractivity contribution is -0.121. The minimum absolute atomic E-state index is 0.247. The highest BCUT2D eigenvalue weighted by Crippen LogP contribution is 2.34. The van der Waals surface area contributed by atoms with Gasteiger partial charge in [0.15, 0.2) is 0 Å². The largest absolute Gasteiger partial charge is 0.495 e. The van der Waals surface area contributed by atoms with Gasteiger partial charge in [0.25, 0.3) is 0 Å². The van der Waals surface area contributed by atoms with Crippen LogP contribution in [0.3, 0.4) is 0 Å². The molecule has 0 radical (unpaired) electrons. The standard InChI is InChI=1S/C19H29ClN2O4S2/c1-14(19(23)21-11-12-27-16-7-5-4-6-8-16)22(28(3,24)25)17-13-15(20)9-10-18(17)26-2/h9-10,13-14,16H,4-8,11-12H2,1-3H3,(H,21,23)/t14-/m0/s1. The number of sulfonamides is 1. The first kappa shape index (κ1) is 23.2. The van der Waals surface area contributed by atoms with E-state index >= 15 is 0 Å². The SMILES string of the molecule is COc1ccc(Cl)cc1N([C@@H](C)C(=O)NCCSC1CCCCC1)S(C)(=O)=O. The van der Waals surface area contributed by atoms with Crippen molar-refractivity contribution in [2.45, 2.75) is 50.3 Å². The van der Waals surface area contributed by atoms with E-state index in [1.54, 1.807) is 19.1 Å². The molecule has 1 N–H and O–H groups in total. The van der Waals surface area contributed by atoms with Crippen LogP contribution in [0.15, 0.2) is 18.2 Å². The van der Waals surface area contributed by atoms with E-state index in [2.05, 4.69) is 5.32 Å². The fourth-order valence-electron chi connectivity index (χ4n) is 3.40. The third-order valence-electron chi connectivity index (χ3n) is 4.77. The Kier molecular flexibility index (Phi) is 8.77. The molecule has 1 atom stereocenters. The molecule has 9 heteroatoms. The Hall–Kier alpha value is -1.12. The number of carbonyl (C=O) groups is 1. The van der Waals surface area contributed by atoms with Gasteiger partial charge in [-0.15, -0.1) is 0 Å². The molecular formula is C19H29ClN2O4S2. The number of thioether (sulfide) groups is 1. The molecule has 0 unspecified atom stereocenters. The molecule has 1 amide bonds. The fourth-order valence-corrected chi connectivity index (χ4v) is 5.95. The Morgan fingerprint density at radius 1 is 1.36 bits per heavy atom. The number of nitrogens with one attached hydrogen (secondary N) is 1. The molecular weight excluding hydrogens is 420 g/mol. The van der Waals surface area contributed by atoms with Crippen molar-refractivity contribution in [3.05, 3.63) is 23.2 Å². The average Bonchev–Trinajstić information content (AvgIpc) is 2.65. The molecule has 0 aliphatic heterocycles. The Morgan fingerprint density at radius 3 is 2.64 bits per heavy atom. The summed E-state index contributed by atoms with van der Waals surface area (Å²) >= 11 is 7.93. The Morgan fingerprint density at radius 2 is 2.04 bits per heavy atom. The number of hydrogen-bond donors (Lipinski definition) is 1. The Balaban J connectivity index is 2.03. The molecule has 1 aliphatic rings. The number of amides is 1. The quantitative estimate of drug-likeness (QED) is 0.583. The highest BCUT2D eigenvalue weighted by molar-refractivity contribution is 7.99. The number of carbonyl (C=O) groups excluding carboxylic acids is 1. The Labute approximate surface area is 177 Å². The molecule has 158 valence electrons. The first-order valence-corrected chi connectivity index (χ1v) is 12.7. The lowest BCUT2D eigenvalue weighted by Crippen LogP contribution is -2.48. The normalized spacial score (nSPS) is 16.4. The van der Waals surface area contributed by atoms with Crippen LogP contribution in [0.1, 0.15) is 39.0 Å². The monoisotopic (exact) mass is 448 g/mol. The van der Waals surface area contributed by atoms with Gasteiger partial charge in [0.1, 0.15) is 11.8 Å². The van der Waals surface area contributed by atoms with E-state index in [0.717, 1.165) is 16.3 Å². The van der Waals surface area contributed by atoms with E-state index in [1.165, 1.54) is 45.3 Å². The van der Waals surface area contributed by atoms with Crippen LogP contribution in [0.4, 0.5) is 5.69 Å². The zero-order valence-electron chi connectivity index (χ0n) is 16.6. The molecule has 0 saturated heterocycles. The predicted molar refractivity (Wildman–Crippen MR) is 117 cm³/mol. The third-order valence-corrected chi connectivity index (χ3v) is 7.62. The predicted octanol–water partition coefficient (Wildman–Crippen LogP) is 3.69. The van der Waals surface area contributed by atoms with E-state index in [1.807, 2.05) is 11.8 Å². The van der Waals surface area contributed by atoms with E-state index in [4.69, 9.17) is 16.3 Å². The van der Waals surface area contributed by atoms with Crippen LogP contribution in [0.2, 0.25) is 5.02 Å². The van der Waals surface area contributed by atoms with Crippen LogP contribution in [0.5, 0.6) is 5.75 Å². The number of methoxy groups -OCH3 is 1. The van der Waals surface area contributed by atoms with Gasteiger partial charge < -0.3 is 10.1 Å². The van der Waals surface area contributed by atoms with Crippen molar-refractivity contribution in [1.29, 1.82) is 0 Å². The van der Waals surface area contributed by atoms with E-state index in [-0.39, 0.29) is 11.6 Å². The number of benzene rings is 1. The van der Waals surface area contributed by atoms with Crippen molar-refractivity contribution in [3.63, 3.8) is 0 Å². The molecule has 6 nitrogen and oxygen atoms in total. The molecule has 0 bridgehead atoms. The summed E-state index contributed by atoms with van der Waals surface area (Å²) < 4.78 is 31.2. The van der Waals surface area contributed by atoms with Crippen molar-refractivity contribution in [2.75, 3.05) is 30.0 Å². The number of hydrogen-bond acceptors (Lipinski definition) is 5. The molecule has 1 aromatic carbocycles. The minimum Gasteiger partial charge on any atom is -0.495 e. The van der Waals surface area contributed by atoms with Gasteiger partial charge in [-0.1, -0.05) is 30.9 Å². The van der Waals surface area contributed by atoms with Crippen LogP contribution in [-0.2, 0) is 14.8 Å². The molecule has 0 aromatic heterocycles. The average molecular weight is 449 g/mol. The molecule has 1 fully saturated rings. The van der Waals surface area contributed by atoms with Crippen molar-refractivity contribution in [2.24, 2.45) is 0 Å². The molecule has 1 aromatic rings. The van der Waals surface area contributed by atoms with Crippen molar-refractivity contribution >= 4 is 45.0 Å². The summed E-state index contributed by atoms with van der Waals surface area (Å²) in [5.74, 6) is 0.807. The molecule has 1 saturated carbocycles. The molecule has 2 rings (SSSR count). The second kappa shape index (κ2) is 10.6. The summed E-state index contributed by atoms with van der Waals surface area (Å²) in [6, 6.07) is 3.75. The van der Waals surface area contributed by atoms with Gasteiger partial charge in [-0.25, -0.2) is 8.42 Å². The molecule has 0 heterocycles. The topological polar surface area (TPSA) is 75.7 Å². The molecule has 1 aliphatic carbocycles. The summed E-state index contributed by atoms with van der Waals surface area (Å²) in [5.41, 5.74) is 0.247. The third kappa shape index (κ3) is 6.46. The van der Waals surface area contributed by atoms with Gasteiger partial charge >= 0.3 is 0 Å². The van der Waals surface area contributed by atoms with Crippen LogP contribution < -0.4 is 14.4 Å². The van der Waals surface area contributed by atoms with Gasteiger partial charge in [0, 0.05) is 22.6 Å². The maximum atomic E-state index is 12.6. The number of nitrogens with zero attached hydrogens (tertiary/aromatic N) is 1. The van der Waals surface area contributed by atoms with E-state index < -0.39 is 16.1 Å². The second-order valence-corrected chi connectivity index (χ2v) is 10.7. The van der Waals surface area contributed by atoms with Gasteiger partial charge in [-0.3, -0.25) is 9.10 Å². The number of ether oxygens (including phenoxy) is 1. The highest BCUT2D eigenvalue weighted by Gasteiger charge is 2.31. The number of anilines is 1. The van der Waals surface area contributed by atoms with Crippen molar-refractivity contribution in [3.8, 4) is 5.75 Å². The van der Waals surface area contributed by atoms with Crippen molar-refractivity contribution < 1.29 is 17.9 Å². The smallest absolute Gasteiger partial charge is 0.243 e. The zero-order chi connectivity index (χ0) is 20.7. The molecule has 28 heavy (non-hydrogen) atoms. The van der Waals surface area contributed by atoms with Crippen LogP contribution >= 0.6 is 23.4 Å². The van der Waals surface area contributed by atoms with Gasteiger partial charge in [0.05, 0.1) is 19.1 Å². The second-order valence-electron chi connectivity index (χ2n) is 6.97.